The quantitative estimate of drug-likeness (QED) is 0.331. The Hall–Kier alpha value is -4.01. The Morgan fingerprint density at radius 1 is 0.825 bits per heavy atom. The van der Waals surface area contributed by atoms with Gasteiger partial charge in [-0.25, -0.2) is 0 Å². The number of rotatable bonds is 9. The van der Waals surface area contributed by atoms with Crippen molar-refractivity contribution in [3.8, 4) is 0 Å². The van der Waals surface area contributed by atoms with Gasteiger partial charge in [-0.3, -0.25) is 14.4 Å². The van der Waals surface area contributed by atoms with Crippen LogP contribution in [0.5, 0.6) is 0 Å². The first-order chi connectivity index (χ1) is 19.2. The molecule has 5 atom stereocenters. The van der Waals surface area contributed by atoms with E-state index in [-0.39, 0.29) is 12.5 Å². The lowest BCUT2D eigenvalue weighted by Crippen LogP contribution is -2.58. The number of aliphatic hydroxyl groups is 1. The molecule has 0 radical (unpaired) electrons. The van der Waals surface area contributed by atoms with E-state index in [4.69, 9.17) is 5.73 Å². The molecule has 0 aliphatic carbocycles. The van der Waals surface area contributed by atoms with E-state index >= 15 is 0 Å². The van der Waals surface area contributed by atoms with Crippen molar-refractivity contribution in [2.24, 2.45) is 11.7 Å². The number of amides is 3. The van der Waals surface area contributed by atoms with E-state index in [1.807, 2.05) is 105 Å². The average molecular weight is 543 g/mol. The predicted octanol–water partition coefficient (Wildman–Crippen LogP) is 2.74. The van der Waals surface area contributed by atoms with Gasteiger partial charge in [-0.1, -0.05) is 105 Å². The molecule has 0 aromatic heterocycles. The number of benzene rings is 3. The van der Waals surface area contributed by atoms with Gasteiger partial charge in [0.2, 0.25) is 17.7 Å². The van der Waals surface area contributed by atoms with Crippen LogP contribution in [0, 0.1) is 5.92 Å². The summed E-state index contributed by atoms with van der Waals surface area (Å²) in [5.74, 6) is -2.12. The third kappa shape index (κ3) is 6.41. The molecule has 210 valence electrons. The smallest absolute Gasteiger partial charge is 0.246 e. The van der Waals surface area contributed by atoms with Crippen LogP contribution in [-0.4, -0.2) is 58.5 Å². The van der Waals surface area contributed by atoms with Crippen molar-refractivity contribution in [1.29, 1.82) is 0 Å². The largest absolute Gasteiger partial charge is 0.390 e. The van der Waals surface area contributed by atoms with Gasteiger partial charge >= 0.3 is 0 Å². The van der Waals surface area contributed by atoms with Crippen LogP contribution in [0.1, 0.15) is 49.4 Å². The van der Waals surface area contributed by atoms with Crippen LogP contribution >= 0.6 is 0 Å². The van der Waals surface area contributed by atoms with Crippen LogP contribution in [0.4, 0.5) is 0 Å². The summed E-state index contributed by atoms with van der Waals surface area (Å²) < 4.78 is 0. The zero-order valence-electron chi connectivity index (χ0n) is 23.1. The highest BCUT2D eigenvalue weighted by Gasteiger charge is 2.49. The monoisotopic (exact) mass is 542 g/mol. The minimum atomic E-state index is -1.17. The number of likely N-dealkylation sites (tertiary alicyclic amines) is 1. The summed E-state index contributed by atoms with van der Waals surface area (Å²) in [7, 11) is 0. The molecule has 3 aromatic carbocycles. The highest BCUT2D eigenvalue weighted by Crippen LogP contribution is 2.34. The minimum Gasteiger partial charge on any atom is -0.390 e. The average Bonchev–Trinajstić information content (AvgIpc) is 3.32. The Morgan fingerprint density at radius 2 is 1.32 bits per heavy atom. The second-order valence-corrected chi connectivity index (χ2v) is 10.7. The van der Waals surface area contributed by atoms with Gasteiger partial charge in [-0.15, -0.1) is 0 Å². The second kappa shape index (κ2) is 12.9. The molecular weight excluding hydrogens is 504 g/mol. The Balaban J connectivity index is 1.70. The molecule has 0 spiro atoms. The van der Waals surface area contributed by atoms with Gasteiger partial charge in [-0.2, -0.15) is 0 Å². The van der Waals surface area contributed by atoms with Gasteiger partial charge in [0.25, 0.3) is 0 Å². The van der Waals surface area contributed by atoms with E-state index in [0.29, 0.717) is 0 Å². The normalized spacial score (nSPS) is 20.3. The number of nitrogens with one attached hydrogen (secondary N) is 2. The fourth-order valence-electron chi connectivity index (χ4n) is 5.22. The van der Waals surface area contributed by atoms with E-state index in [2.05, 4.69) is 10.6 Å². The molecule has 1 saturated heterocycles. The molecule has 3 aromatic rings. The zero-order valence-corrected chi connectivity index (χ0v) is 23.1. The lowest BCUT2D eigenvalue weighted by Gasteiger charge is -2.32. The molecule has 8 heteroatoms. The third-order valence-electron chi connectivity index (χ3n) is 7.44. The van der Waals surface area contributed by atoms with Gasteiger partial charge in [-0.05, 0) is 29.5 Å². The molecule has 1 unspecified atom stereocenters. The number of nitrogens with two attached hydrogens (primary N) is 1. The number of hydrogen-bond acceptors (Lipinski definition) is 5. The van der Waals surface area contributed by atoms with Crippen molar-refractivity contribution >= 4 is 17.7 Å². The van der Waals surface area contributed by atoms with Gasteiger partial charge in [0.05, 0.1) is 18.2 Å². The van der Waals surface area contributed by atoms with Crippen molar-refractivity contribution in [1.82, 2.24) is 15.5 Å². The van der Waals surface area contributed by atoms with Gasteiger partial charge in [0.1, 0.15) is 12.1 Å². The molecule has 0 bridgehead atoms. The molecule has 1 fully saturated rings. The fourth-order valence-corrected chi connectivity index (χ4v) is 5.22. The number of hydrogen-bond donors (Lipinski definition) is 4. The molecule has 40 heavy (non-hydrogen) atoms. The molecule has 3 amide bonds. The molecule has 0 saturated carbocycles. The van der Waals surface area contributed by atoms with Crippen LogP contribution < -0.4 is 16.4 Å². The molecule has 1 aliphatic rings. The summed E-state index contributed by atoms with van der Waals surface area (Å²) in [6.45, 7) is 5.31. The fraction of sp³-hybridized carbons (Fsp3) is 0.344. The zero-order chi connectivity index (χ0) is 28.8. The summed E-state index contributed by atoms with van der Waals surface area (Å²) in [6, 6.07) is 25.1. The lowest BCUT2D eigenvalue weighted by molar-refractivity contribution is -0.144. The first-order valence-corrected chi connectivity index (χ1v) is 13.7. The summed E-state index contributed by atoms with van der Waals surface area (Å²) in [4.78, 5) is 41.9. The SMILES string of the molecule is CC(C)[C@H](NC(=O)[C@H](C)N)C(=O)N1CC(c2ccccc2)[C@@H](O)[C@H]1C(=O)NC(c1ccccc1)c1ccccc1. The molecule has 1 heterocycles. The van der Waals surface area contributed by atoms with E-state index in [1.165, 1.54) is 4.90 Å². The van der Waals surface area contributed by atoms with E-state index in [9.17, 15) is 19.5 Å². The topological polar surface area (TPSA) is 125 Å². The summed E-state index contributed by atoms with van der Waals surface area (Å²) in [6.07, 6.45) is -1.16. The summed E-state index contributed by atoms with van der Waals surface area (Å²) in [5.41, 5.74) is 8.33. The number of aliphatic hydroxyl groups excluding tert-OH is 1. The second-order valence-electron chi connectivity index (χ2n) is 10.7. The molecule has 5 N–H and O–H groups in total. The highest BCUT2D eigenvalue weighted by atomic mass is 16.3. The van der Waals surface area contributed by atoms with Crippen molar-refractivity contribution in [3.05, 3.63) is 108 Å². The van der Waals surface area contributed by atoms with Gasteiger partial charge < -0.3 is 26.4 Å². The van der Waals surface area contributed by atoms with Crippen molar-refractivity contribution in [2.45, 2.75) is 57.0 Å². The van der Waals surface area contributed by atoms with E-state index < -0.39 is 53.9 Å². The number of carbonyl (C=O) groups excluding carboxylic acids is 3. The molecule has 8 nitrogen and oxygen atoms in total. The Kier molecular flexibility index (Phi) is 9.34. The van der Waals surface area contributed by atoms with E-state index in [0.717, 1.165) is 16.7 Å². The number of nitrogens with zero attached hydrogens (tertiary/aromatic N) is 1. The molecular formula is C32H38N4O4. The first-order valence-electron chi connectivity index (χ1n) is 13.7. The summed E-state index contributed by atoms with van der Waals surface area (Å²) in [5, 5.41) is 17.4. The van der Waals surface area contributed by atoms with Crippen molar-refractivity contribution < 1.29 is 19.5 Å². The maximum atomic E-state index is 14.1. The van der Waals surface area contributed by atoms with Crippen LogP contribution in [0.2, 0.25) is 0 Å². The minimum absolute atomic E-state index is 0.126. The summed E-state index contributed by atoms with van der Waals surface area (Å²) >= 11 is 0. The van der Waals surface area contributed by atoms with Crippen LogP contribution in [0.15, 0.2) is 91.0 Å². The van der Waals surface area contributed by atoms with Gasteiger partial charge in [0, 0.05) is 12.5 Å². The van der Waals surface area contributed by atoms with Crippen molar-refractivity contribution in [3.63, 3.8) is 0 Å². The lowest BCUT2D eigenvalue weighted by atomic mass is 9.92. The van der Waals surface area contributed by atoms with Crippen molar-refractivity contribution in [2.75, 3.05) is 6.54 Å². The van der Waals surface area contributed by atoms with Gasteiger partial charge in [0.15, 0.2) is 0 Å². The van der Waals surface area contributed by atoms with Crippen LogP contribution in [0.3, 0.4) is 0 Å². The Labute approximate surface area is 235 Å². The Bertz CT molecular complexity index is 1240. The highest BCUT2D eigenvalue weighted by molar-refractivity contribution is 5.94. The predicted molar refractivity (Wildman–Crippen MR) is 154 cm³/mol. The Morgan fingerprint density at radius 3 is 1.80 bits per heavy atom. The maximum absolute atomic E-state index is 14.1. The van der Waals surface area contributed by atoms with E-state index in [1.54, 1.807) is 6.92 Å². The van der Waals surface area contributed by atoms with Crippen LogP contribution in [-0.2, 0) is 14.4 Å². The third-order valence-corrected chi connectivity index (χ3v) is 7.44. The standard InChI is InChI=1S/C32H38N4O4/c1-20(2)26(34-30(38)21(3)33)32(40)36-19-25(22-13-7-4-8-14-22)29(37)28(36)31(39)35-27(23-15-9-5-10-16-23)24-17-11-6-12-18-24/h4-18,20-21,25-29,37H,19,33H2,1-3H3,(H,34,38)(H,35,39)/t21-,25?,26-,28-,29+/m0/s1. The van der Waals surface area contributed by atoms with Crippen LogP contribution in [0.25, 0.3) is 0 Å². The number of carbonyl (C=O) groups is 3. The maximum Gasteiger partial charge on any atom is 0.246 e. The first kappa shape index (κ1) is 29.0. The molecule has 1 aliphatic heterocycles. The molecule has 4 rings (SSSR count).